The SMILES string of the molecule is Cc1ccc(NC(=O)C[C@H]2SC(=O)N(CC(=O)c3ccccc3)C2=O)cc1. The van der Waals surface area contributed by atoms with Crippen molar-refractivity contribution in [1.29, 1.82) is 0 Å². The summed E-state index contributed by atoms with van der Waals surface area (Å²) in [6, 6.07) is 15.7. The molecule has 0 unspecified atom stereocenters. The summed E-state index contributed by atoms with van der Waals surface area (Å²) in [6.07, 6.45) is -0.126. The number of aryl methyl sites for hydroxylation is 1. The number of hydrogen-bond donors (Lipinski definition) is 1. The Kier molecular flexibility index (Phi) is 5.71. The third-order valence-electron chi connectivity index (χ3n) is 4.11. The summed E-state index contributed by atoms with van der Waals surface area (Å²) in [7, 11) is 0. The molecule has 2 aromatic carbocycles. The van der Waals surface area contributed by atoms with Crippen LogP contribution in [-0.2, 0) is 9.59 Å². The molecule has 1 N–H and O–H groups in total. The van der Waals surface area contributed by atoms with Gasteiger partial charge in [0.05, 0.1) is 6.54 Å². The molecule has 0 radical (unpaired) electrons. The van der Waals surface area contributed by atoms with E-state index in [-0.39, 0.29) is 24.7 Å². The molecule has 3 rings (SSSR count). The van der Waals surface area contributed by atoms with Gasteiger partial charge in [0.1, 0.15) is 5.25 Å². The van der Waals surface area contributed by atoms with E-state index in [0.717, 1.165) is 22.2 Å². The van der Waals surface area contributed by atoms with Crippen molar-refractivity contribution in [1.82, 2.24) is 4.90 Å². The van der Waals surface area contributed by atoms with Gasteiger partial charge in [0.25, 0.3) is 5.24 Å². The smallest absolute Gasteiger partial charge is 0.289 e. The van der Waals surface area contributed by atoms with Gasteiger partial charge in [-0.3, -0.25) is 24.1 Å². The van der Waals surface area contributed by atoms with Crippen molar-refractivity contribution in [2.24, 2.45) is 0 Å². The highest BCUT2D eigenvalue weighted by molar-refractivity contribution is 8.15. The fourth-order valence-corrected chi connectivity index (χ4v) is 3.64. The molecule has 1 aliphatic rings. The lowest BCUT2D eigenvalue weighted by Gasteiger charge is -2.13. The zero-order valence-electron chi connectivity index (χ0n) is 14.7. The molecule has 0 aromatic heterocycles. The summed E-state index contributed by atoms with van der Waals surface area (Å²) >= 11 is 0.785. The minimum atomic E-state index is -0.813. The molecule has 0 spiro atoms. The Morgan fingerprint density at radius 2 is 1.70 bits per heavy atom. The number of nitrogens with one attached hydrogen (secondary N) is 1. The van der Waals surface area contributed by atoms with Crippen molar-refractivity contribution >= 4 is 40.3 Å². The second kappa shape index (κ2) is 8.18. The van der Waals surface area contributed by atoms with Gasteiger partial charge in [-0.25, -0.2) is 0 Å². The van der Waals surface area contributed by atoms with Gasteiger partial charge in [0.2, 0.25) is 11.8 Å². The maximum atomic E-state index is 12.5. The van der Waals surface area contributed by atoms with Crippen LogP contribution in [0.15, 0.2) is 54.6 Å². The summed E-state index contributed by atoms with van der Waals surface area (Å²) in [4.78, 5) is 49.9. The van der Waals surface area contributed by atoms with Gasteiger partial charge >= 0.3 is 0 Å². The Balaban J connectivity index is 1.59. The minimum Gasteiger partial charge on any atom is -0.326 e. The summed E-state index contributed by atoms with van der Waals surface area (Å²) < 4.78 is 0. The molecule has 138 valence electrons. The van der Waals surface area contributed by atoms with Crippen LogP contribution in [0.25, 0.3) is 0 Å². The number of carbonyl (C=O) groups excluding carboxylic acids is 4. The Labute approximate surface area is 160 Å². The molecule has 1 aliphatic heterocycles. The Hall–Kier alpha value is -2.93. The van der Waals surface area contributed by atoms with E-state index < -0.39 is 16.4 Å². The van der Waals surface area contributed by atoms with E-state index in [0.29, 0.717) is 11.3 Å². The number of Topliss-reactive ketones (excluding diaryl/α,β-unsaturated/α-hetero) is 1. The number of rotatable bonds is 6. The van der Waals surface area contributed by atoms with E-state index in [9.17, 15) is 19.2 Å². The summed E-state index contributed by atoms with van der Waals surface area (Å²) in [6.45, 7) is 1.63. The number of carbonyl (C=O) groups is 4. The lowest BCUT2D eigenvalue weighted by Crippen LogP contribution is -2.36. The van der Waals surface area contributed by atoms with Gasteiger partial charge in [-0.05, 0) is 19.1 Å². The monoisotopic (exact) mass is 382 g/mol. The number of ketones is 1. The van der Waals surface area contributed by atoms with Crippen LogP contribution in [0.5, 0.6) is 0 Å². The molecule has 0 aliphatic carbocycles. The molecule has 1 atom stereocenters. The highest BCUT2D eigenvalue weighted by atomic mass is 32.2. The van der Waals surface area contributed by atoms with Crippen LogP contribution in [0.3, 0.4) is 0 Å². The van der Waals surface area contributed by atoms with E-state index in [1.165, 1.54) is 0 Å². The molecule has 3 amide bonds. The van der Waals surface area contributed by atoms with Gasteiger partial charge in [-0.15, -0.1) is 0 Å². The van der Waals surface area contributed by atoms with Crippen molar-refractivity contribution < 1.29 is 19.2 Å². The molecule has 0 saturated carbocycles. The largest absolute Gasteiger partial charge is 0.326 e. The number of thioether (sulfide) groups is 1. The molecule has 27 heavy (non-hydrogen) atoms. The van der Waals surface area contributed by atoms with Crippen LogP contribution < -0.4 is 5.32 Å². The van der Waals surface area contributed by atoms with Crippen molar-refractivity contribution in [2.75, 3.05) is 11.9 Å². The van der Waals surface area contributed by atoms with Gasteiger partial charge in [-0.2, -0.15) is 0 Å². The predicted molar refractivity (Wildman–Crippen MR) is 104 cm³/mol. The molecule has 7 heteroatoms. The summed E-state index contributed by atoms with van der Waals surface area (Å²) in [5.74, 6) is -1.18. The Morgan fingerprint density at radius 1 is 1.04 bits per heavy atom. The van der Waals surface area contributed by atoms with Crippen molar-refractivity contribution in [3.63, 3.8) is 0 Å². The minimum absolute atomic E-state index is 0.126. The maximum absolute atomic E-state index is 12.5. The third kappa shape index (κ3) is 4.62. The van der Waals surface area contributed by atoms with Crippen LogP contribution in [0.1, 0.15) is 22.3 Å². The van der Waals surface area contributed by atoms with Gasteiger partial charge < -0.3 is 5.32 Å². The number of benzene rings is 2. The number of anilines is 1. The number of imide groups is 1. The number of nitrogens with zero attached hydrogens (tertiary/aromatic N) is 1. The maximum Gasteiger partial charge on any atom is 0.289 e. The molecule has 1 fully saturated rings. The van der Waals surface area contributed by atoms with E-state index >= 15 is 0 Å². The number of hydrogen-bond acceptors (Lipinski definition) is 5. The highest BCUT2D eigenvalue weighted by Crippen LogP contribution is 2.29. The number of amides is 3. The van der Waals surface area contributed by atoms with Crippen LogP contribution >= 0.6 is 11.8 Å². The lowest BCUT2D eigenvalue weighted by molar-refractivity contribution is -0.128. The zero-order chi connectivity index (χ0) is 19.4. The first-order valence-corrected chi connectivity index (χ1v) is 9.29. The Bertz CT molecular complexity index is 881. The molecular formula is C20H18N2O4S. The molecular weight excluding hydrogens is 364 g/mol. The topological polar surface area (TPSA) is 83.6 Å². The fourth-order valence-electron chi connectivity index (χ4n) is 2.65. The third-order valence-corrected chi connectivity index (χ3v) is 5.18. The van der Waals surface area contributed by atoms with Crippen LogP contribution in [-0.4, -0.2) is 39.5 Å². The standard InChI is InChI=1S/C20H18N2O4S/c1-13-7-9-15(10-8-13)21-18(24)11-17-19(25)22(20(26)27-17)12-16(23)14-5-3-2-4-6-14/h2-10,17H,11-12H2,1H3,(H,21,24)/t17-/m1/s1. The molecule has 0 bridgehead atoms. The van der Waals surface area contributed by atoms with Crippen LogP contribution in [0.2, 0.25) is 0 Å². The van der Waals surface area contributed by atoms with Crippen molar-refractivity contribution in [2.45, 2.75) is 18.6 Å². The van der Waals surface area contributed by atoms with E-state index in [1.807, 2.05) is 19.1 Å². The Morgan fingerprint density at radius 3 is 2.37 bits per heavy atom. The van der Waals surface area contributed by atoms with Gasteiger partial charge in [-0.1, -0.05) is 59.8 Å². The molecule has 1 saturated heterocycles. The predicted octanol–water partition coefficient (Wildman–Crippen LogP) is 3.27. The van der Waals surface area contributed by atoms with E-state index in [4.69, 9.17) is 0 Å². The van der Waals surface area contributed by atoms with E-state index in [2.05, 4.69) is 5.32 Å². The summed E-state index contributed by atoms with van der Waals surface area (Å²) in [5.41, 5.74) is 2.13. The quantitative estimate of drug-likeness (QED) is 0.775. The van der Waals surface area contributed by atoms with Crippen molar-refractivity contribution in [3.05, 3.63) is 65.7 Å². The van der Waals surface area contributed by atoms with Crippen molar-refractivity contribution in [3.8, 4) is 0 Å². The molecule has 2 aromatic rings. The highest BCUT2D eigenvalue weighted by Gasteiger charge is 2.41. The molecule has 6 nitrogen and oxygen atoms in total. The summed E-state index contributed by atoms with van der Waals surface area (Å²) in [5, 5.41) is 1.40. The van der Waals surface area contributed by atoms with Crippen LogP contribution in [0, 0.1) is 6.92 Å². The zero-order valence-corrected chi connectivity index (χ0v) is 15.5. The molecule has 1 heterocycles. The average molecular weight is 382 g/mol. The fraction of sp³-hybridized carbons (Fsp3) is 0.200. The first-order chi connectivity index (χ1) is 12.9. The average Bonchev–Trinajstić information content (AvgIpc) is 2.91. The first kappa shape index (κ1) is 18.8. The van der Waals surface area contributed by atoms with Crippen LogP contribution in [0.4, 0.5) is 10.5 Å². The normalized spacial score (nSPS) is 16.5. The van der Waals surface area contributed by atoms with E-state index in [1.54, 1.807) is 42.5 Å². The lowest BCUT2D eigenvalue weighted by atomic mass is 10.1. The first-order valence-electron chi connectivity index (χ1n) is 8.41. The second-order valence-corrected chi connectivity index (χ2v) is 7.36. The second-order valence-electron chi connectivity index (χ2n) is 6.20. The van der Waals surface area contributed by atoms with Gasteiger partial charge in [0, 0.05) is 17.7 Å². The van der Waals surface area contributed by atoms with Gasteiger partial charge in [0.15, 0.2) is 5.78 Å².